The van der Waals surface area contributed by atoms with Gasteiger partial charge in [0, 0.05) is 24.2 Å². The lowest BCUT2D eigenvalue weighted by molar-refractivity contribution is -0.0107. The molecule has 1 unspecified atom stereocenters. The Bertz CT molecular complexity index is 554. The summed E-state index contributed by atoms with van der Waals surface area (Å²) in [6, 6.07) is 7.03. The second-order valence-corrected chi connectivity index (χ2v) is 5.37. The molecule has 1 atom stereocenters. The third kappa shape index (κ3) is 3.60. The fourth-order valence-corrected chi connectivity index (χ4v) is 2.45. The molecule has 0 aromatic heterocycles. The second-order valence-electron chi connectivity index (χ2n) is 5.37. The Morgan fingerprint density at radius 3 is 3.00 bits per heavy atom. The van der Waals surface area contributed by atoms with Crippen molar-refractivity contribution in [2.45, 2.75) is 25.4 Å². The number of rotatable bonds is 1. The normalized spacial score (nSPS) is 22.1. The zero-order chi connectivity index (χ0) is 14.6. The molecule has 1 amide bonds. The van der Waals surface area contributed by atoms with E-state index >= 15 is 0 Å². The summed E-state index contributed by atoms with van der Waals surface area (Å²) in [6.45, 7) is 2.59. The van der Waals surface area contributed by atoms with Crippen molar-refractivity contribution in [3.63, 3.8) is 0 Å². The third-order valence-corrected chi connectivity index (χ3v) is 3.38. The van der Waals surface area contributed by atoms with E-state index in [1.54, 1.807) is 36.1 Å². The molecule has 0 aliphatic carbocycles. The van der Waals surface area contributed by atoms with Gasteiger partial charge in [-0.1, -0.05) is 17.9 Å². The van der Waals surface area contributed by atoms with Crippen molar-refractivity contribution in [3.8, 4) is 11.8 Å². The highest BCUT2D eigenvalue weighted by atomic mass is 16.3. The summed E-state index contributed by atoms with van der Waals surface area (Å²) in [5.41, 5.74) is 0.462. The summed E-state index contributed by atoms with van der Waals surface area (Å²) in [5.74, 6) is 5.27. The van der Waals surface area contributed by atoms with Crippen LogP contribution in [0.2, 0.25) is 0 Å². The topological polar surface area (TPSA) is 60.8 Å². The molecule has 1 saturated heterocycles. The maximum atomic E-state index is 12.4. The molecule has 2 N–H and O–H groups in total. The number of aliphatic hydroxyl groups excluding tert-OH is 1. The van der Waals surface area contributed by atoms with Crippen molar-refractivity contribution >= 4 is 5.91 Å². The van der Waals surface area contributed by atoms with E-state index in [2.05, 4.69) is 11.8 Å². The molecule has 0 radical (unpaired) electrons. The maximum Gasteiger partial charge on any atom is 0.253 e. The van der Waals surface area contributed by atoms with E-state index < -0.39 is 5.60 Å². The van der Waals surface area contributed by atoms with Crippen LogP contribution in [0.5, 0.6) is 0 Å². The van der Waals surface area contributed by atoms with Crippen LogP contribution in [0.3, 0.4) is 0 Å². The first kappa shape index (κ1) is 14.6. The van der Waals surface area contributed by atoms with Crippen LogP contribution in [-0.4, -0.2) is 46.3 Å². The summed E-state index contributed by atoms with van der Waals surface area (Å²) in [4.78, 5) is 14.1. The average Bonchev–Trinajstić information content (AvgIpc) is 2.43. The molecule has 0 spiro atoms. The number of aliphatic hydroxyl groups is 2. The fraction of sp³-hybridized carbons (Fsp3) is 0.438. The molecule has 4 nitrogen and oxygen atoms in total. The maximum absolute atomic E-state index is 12.4. The van der Waals surface area contributed by atoms with Gasteiger partial charge in [-0.05, 0) is 38.0 Å². The molecular formula is C16H19NO3. The number of nitrogens with zero attached hydrogens (tertiary/aromatic N) is 1. The van der Waals surface area contributed by atoms with Gasteiger partial charge in [0.15, 0.2) is 0 Å². The molecule has 20 heavy (non-hydrogen) atoms. The first-order valence-electron chi connectivity index (χ1n) is 6.73. The molecule has 1 aromatic carbocycles. The lowest BCUT2D eigenvalue weighted by Crippen LogP contribution is -2.48. The molecule has 0 saturated carbocycles. The second kappa shape index (κ2) is 6.08. The van der Waals surface area contributed by atoms with Crippen LogP contribution >= 0.6 is 0 Å². The number of carbonyl (C=O) groups excluding carboxylic acids is 1. The lowest BCUT2D eigenvalue weighted by Gasteiger charge is -2.36. The monoisotopic (exact) mass is 273 g/mol. The van der Waals surface area contributed by atoms with Crippen molar-refractivity contribution in [2.24, 2.45) is 0 Å². The molecular weight excluding hydrogens is 254 g/mol. The first-order chi connectivity index (χ1) is 9.52. The quantitative estimate of drug-likeness (QED) is 0.751. The van der Waals surface area contributed by atoms with Gasteiger partial charge in [-0.3, -0.25) is 4.79 Å². The molecule has 1 aromatic rings. The minimum absolute atomic E-state index is 0.0855. The molecule has 1 heterocycles. The van der Waals surface area contributed by atoms with Crippen molar-refractivity contribution < 1.29 is 15.0 Å². The molecule has 4 heteroatoms. The predicted octanol–water partition coefficient (Wildman–Crippen LogP) is 1.02. The predicted molar refractivity (Wildman–Crippen MR) is 76.2 cm³/mol. The van der Waals surface area contributed by atoms with Crippen LogP contribution in [0.1, 0.15) is 35.7 Å². The molecule has 2 rings (SSSR count). The van der Waals surface area contributed by atoms with Gasteiger partial charge in [0.25, 0.3) is 5.91 Å². The van der Waals surface area contributed by atoms with Crippen molar-refractivity contribution in [3.05, 3.63) is 35.4 Å². The van der Waals surface area contributed by atoms with E-state index in [1.807, 2.05) is 0 Å². The standard InChI is InChI=1S/C16H19NO3/c1-16(20)8-4-9-17(12-16)15(19)14-7-2-5-13(11-14)6-3-10-18/h2,5,7,11,18,20H,4,8-10,12H2,1H3. The van der Waals surface area contributed by atoms with E-state index in [0.717, 1.165) is 12.8 Å². The molecule has 106 valence electrons. The van der Waals surface area contributed by atoms with Crippen molar-refractivity contribution in [2.75, 3.05) is 19.7 Å². The van der Waals surface area contributed by atoms with E-state index in [0.29, 0.717) is 24.2 Å². The van der Waals surface area contributed by atoms with Gasteiger partial charge in [-0.15, -0.1) is 0 Å². The Labute approximate surface area is 119 Å². The van der Waals surface area contributed by atoms with E-state index in [4.69, 9.17) is 5.11 Å². The first-order valence-corrected chi connectivity index (χ1v) is 6.73. The van der Waals surface area contributed by atoms with Gasteiger partial charge in [0.1, 0.15) is 6.61 Å². The zero-order valence-electron chi connectivity index (χ0n) is 11.6. The Balaban J connectivity index is 2.16. The smallest absolute Gasteiger partial charge is 0.253 e. The Morgan fingerprint density at radius 2 is 2.30 bits per heavy atom. The molecule has 0 bridgehead atoms. The number of likely N-dealkylation sites (tertiary alicyclic amines) is 1. The molecule has 1 aliphatic rings. The van der Waals surface area contributed by atoms with Gasteiger partial charge in [0.05, 0.1) is 5.60 Å². The van der Waals surface area contributed by atoms with Gasteiger partial charge in [0.2, 0.25) is 0 Å². The summed E-state index contributed by atoms with van der Waals surface area (Å²) in [5, 5.41) is 18.8. The number of hydrogen-bond donors (Lipinski definition) is 2. The minimum Gasteiger partial charge on any atom is -0.388 e. The van der Waals surface area contributed by atoms with Crippen LogP contribution in [0.4, 0.5) is 0 Å². The average molecular weight is 273 g/mol. The highest BCUT2D eigenvalue weighted by Gasteiger charge is 2.31. The fourth-order valence-electron chi connectivity index (χ4n) is 2.45. The SMILES string of the molecule is CC1(O)CCCN(C(=O)c2cccc(C#CCO)c2)C1. The van der Waals surface area contributed by atoms with Crippen LogP contribution < -0.4 is 0 Å². The number of benzene rings is 1. The number of carbonyl (C=O) groups is 1. The van der Waals surface area contributed by atoms with E-state index in [9.17, 15) is 9.90 Å². The number of β-amino-alcohol motifs (C(OH)–C–C–N with tert-alkyl or cyclic N) is 1. The largest absolute Gasteiger partial charge is 0.388 e. The highest BCUT2D eigenvalue weighted by molar-refractivity contribution is 5.94. The van der Waals surface area contributed by atoms with Crippen LogP contribution in [0.15, 0.2) is 24.3 Å². The Kier molecular flexibility index (Phi) is 4.43. The van der Waals surface area contributed by atoms with Gasteiger partial charge >= 0.3 is 0 Å². The third-order valence-electron chi connectivity index (χ3n) is 3.38. The zero-order valence-corrected chi connectivity index (χ0v) is 11.6. The summed E-state index contributed by atoms with van der Waals surface area (Å²) >= 11 is 0. The van der Waals surface area contributed by atoms with E-state index in [1.165, 1.54) is 0 Å². The van der Waals surface area contributed by atoms with Crippen molar-refractivity contribution in [1.82, 2.24) is 4.90 Å². The van der Waals surface area contributed by atoms with Gasteiger partial charge in [-0.25, -0.2) is 0 Å². The van der Waals surface area contributed by atoms with E-state index in [-0.39, 0.29) is 12.5 Å². The molecule has 1 aliphatic heterocycles. The highest BCUT2D eigenvalue weighted by Crippen LogP contribution is 2.22. The van der Waals surface area contributed by atoms with Crippen LogP contribution in [0, 0.1) is 11.8 Å². The number of piperidine rings is 1. The summed E-state index contributed by atoms with van der Waals surface area (Å²) < 4.78 is 0. The Morgan fingerprint density at radius 1 is 1.50 bits per heavy atom. The molecule has 1 fully saturated rings. The van der Waals surface area contributed by atoms with Crippen molar-refractivity contribution in [1.29, 1.82) is 0 Å². The summed E-state index contributed by atoms with van der Waals surface area (Å²) in [7, 11) is 0. The Hall–Kier alpha value is -1.83. The van der Waals surface area contributed by atoms with Crippen LogP contribution in [-0.2, 0) is 0 Å². The number of hydrogen-bond acceptors (Lipinski definition) is 3. The summed E-state index contributed by atoms with van der Waals surface area (Å²) in [6.07, 6.45) is 1.53. The van der Waals surface area contributed by atoms with Gasteiger partial charge in [-0.2, -0.15) is 0 Å². The van der Waals surface area contributed by atoms with Gasteiger partial charge < -0.3 is 15.1 Å². The lowest BCUT2D eigenvalue weighted by atomic mass is 9.94. The minimum atomic E-state index is -0.803. The van der Waals surface area contributed by atoms with Crippen LogP contribution in [0.25, 0.3) is 0 Å². The number of amides is 1.